The van der Waals surface area contributed by atoms with Gasteiger partial charge in [-0.3, -0.25) is 4.79 Å². The zero-order valence-corrected chi connectivity index (χ0v) is 14.5. The molecule has 1 amide bonds. The van der Waals surface area contributed by atoms with Crippen LogP contribution in [0, 0.1) is 0 Å². The first-order chi connectivity index (χ1) is 11.2. The molecule has 1 saturated heterocycles. The number of benzene rings is 1. The minimum Gasteiger partial charge on any atom is -0.496 e. The van der Waals surface area contributed by atoms with Crippen molar-refractivity contribution >= 4 is 5.91 Å². The van der Waals surface area contributed by atoms with Crippen molar-refractivity contribution in [1.82, 2.24) is 4.90 Å². The van der Waals surface area contributed by atoms with Crippen LogP contribution in [0.25, 0.3) is 0 Å². The molecule has 1 aromatic rings. The Bertz CT molecular complexity index is 508. The van der Waals surface area contributed by atoms with Crippen molar-refractivity contribution in [2.24, 2.45) is 5.73 Å². The van der Waals surface area contributed by atoms with E-state index in [2.05, 4.69) is 13.0 Å². The van der Waals surface area contributed by atoms with Crippen molar-refractivity contribution in [3.05, 3.63) is 29.3 Å². The van der Waals surface area contributed by atoms with Crippen molar-refractivity contribution in [2.75, 3.05) is 26.7 Å². The van der Waals surface area contributed by atoms with Crippen LogP contribution in [0.2, 0.25) is 0 Å². The van der Waals surface area contributed by atoms with Crippen molar-refractivity contribution in [3.8, 4) is 5.75 Å². The van der Waals surface area contributed by atoms with Gasteiger partial charge in [-0.2, -0.15) is 0 Å². The van der Waals surface area contributed by atoms with Crippen LogP contribution in [-0.2, 0) is 11.2 Å². The first-order valence-electron chi connectivity index (χ1n) is 8.84. The Balaban J connectivity index is 2.08. The molecule has 0 radical (unpaired) electrons. The summed E-state index contributed by atoms with van der Waals surface area (Å²) < 4.78 is 5.39. The average Bonchev–Trinajstić information content (AvgIpc) is 2.88. The van der Waals surface area contributed by atoms with E-state index in [0.29, 0.717) is 13.0 Å². The van der Waals surface area contributed by atoms with Gasteiger partial charge in [-0.25, -0.2) is 0 Å². The molecule has 2 N–H and O–H groups in total. The Morgan fingerprint density at radius 1 is 1.26 bits per heavy atom. The van der Waals surface area contributed by atoms with Crippen LogP contribution in [0.5, 0.6) is 5.75 Å². The van der Waals surface area contributed by atoms with Gasteiger partial charge in [0, 0.05) is 25.4 Å². The molecule has 4 nitrogen and oxygen atoms in total. The number of amides is 1. The third kappa shape index (κ3) is 4.71. The van der Waals surface area contributed by atoms with E-state index in [-0.39, 0.29) is 11.8 Å². The summed E-state index contributed by atoms with van der Waals surface area (Å²) in [6.07, 6.45) is 6.15. The molecule has 1 aliphatic rings. The molecule has 4 heteroatoms. The van der Waals surface area contributed by atoms with Crippen LogP contribution in [0.15, 0.2) is 18.2 Å². The molecule has 1 heterocycles. The molecular formula is C19H30N2O2. The summed E-state index contributed by atoms with van der Waals surface area (Å²) in [5.74, 6) is 1.24. The minimum atomic E-state index is 0.0851. The standard InChI is InChI=1S/C19H30N2O2/c1-3-15-12-16(8-9-18(15)23-2)17(14-20)13-19(22)21-10-6-4-5-7-11-21/h8-9,12,17H,3-7,10-11,13-14,20H2,1-2H3. The van der Waals surface area contributed by atoms with E-state index in [9.17, 15) is 4.79 Å². The van der Waals surface area contributed by atoms with Gasteiger partial charge >= 0.3 is 0 Å². The van der Waals surface area contributed by atoms with Crippen LogP contribution >= 0.6 is 0 Å². The molecule has 0 spiro atoms. The largest absolute Gasteiger partial charge is 0.496 e. The van der Waals surface area contributed by atoms with Crippen molar-refractivity contribution < 1.29 is 9.53 Å². The summed E-state index contributed by atoms with van der Waals surface area (Å²) in [6.45, 7) is 4.41. The lowest BCUT2D eigenvalue weighted by Crippen LogP contribution is -2.33. The van der Waals surface area contributed by atoms with Crippen LogP contribution < -0.4 is 10.5 Å². The lowest BCUT2D eigenvalue weighted by molar-refractivity contribution is -0.131. The molecule has 0 aliphatic carbocycles. The summed E-state index contributed by atoms with van der Waals surface area (Å²) in [5.41, 5.74) is 8.29. The molecule has 2 rings (SSSR count). The van der Waals surface area contributed by atoms with E-state index in [1.165, 1.54) is 18.4 Å². The van der Waals surface area contributed by atoms with E-state index in [0.717, 1.165) is 43.7 Å². The number of aryl methyl sites for hydroxylation is 1. The molecule has 23 heavy (non-hydrogen) atoms. The first kappa shape index (κ1) is 17.8. The number of ether oxygens (including phenoxy) is 1. The number of hydrogen-bond donors (Lipinski definition) is 1. The number of nitrogens with two attached hydrogens (primary N) is 1. The summed E-state index contributed by atoms with van der Waals surface area (Å²) in [6, 6.07) is 6.19. The molecule has 0 saturated carbocycles. The van der Waals surface area contributed by atoms with E-state index in [4.69, 9.17) is 10.5 Å². The maximum Gasteiger partial charge on any atom is 0.223 e. The summed E-state index contributed by atoms with van der Waals surface area (Å²) in [4.78, 5) is 14.6. The molecule has 1 fully saturated rings. The average molecular weight is 318 g/mol. The summed E-state index contributed by atoms with van der Waals surface area (Å²) in [5, 5.41) is 0. The van der Waals surface area contributed by atoms with Gasteiger partial charge in [-0.15, -0.1) is 0 Å². The maximum atomic E-state index is 12.6. The second-order valence-corrected chi connectivity index (χ2v) is 6.36. The Kier molecular flexibility index (Phi) is 6.90. The van der Waals surface area contributed by atoms with Crippen LogP contribution in [0.4, 0.5) is 0 Å². The Morgan fingerprint density at radius 3 is 2.52 bits per heavy atom. The summed E-state index contributed by atoms with van der Waals surface area (Å²) in [7, 11) is 1.69. The molecule has 0 aromatic heterocycles. The van der Waals surface area contributed by atoms with E-state index in [1.807, 2.05) is 17.0 Å². The Morgan fingerprint density at radius 2 is 1.96 bits per heavy atom. The highest BCUT2D eigenvalue weighted by molar-refractivity contribution is 5.77. The van der Waals surface area contributed by atoms with E-state index >= 15 is 0 Å². The van der Waals surface area contributed by atoms with Crippen LogP contribution in [0.3, 0.4) is 0 Å². The van der Waals surface area contributed by atoms with Crippen LogP contribution in [0.1, 0.15) is 56.1 Å². The Labute approximate surface area is 140 Å². The molecule has 0 bridgehead atoms. The maximum absolute atomic E-state index is 12.6. The Hall–Kier alpha value is -1.55. The molecule has 1 aromatic carbocycles. The quantitative estimate of drug-likeness (QED) is 0.877. The monoisotopic (exact) mass is 318 g/mol. The predicted octanol–water partition coefficient (Wildman–Crippen LogP) is 3.09. The fraction of sp³-hybridized carbons (Fsp3) is 0.632. The molecule has 1 unspecified atom stereocenters. The number of rotatable bonds is 6. The van der Waals surface area contributed by atoms with Gasteiger partial charge in [0.25, 0.3) is 0 Å². The number of methoxy groups -OCH3 is 1. The fourth-order valence-electron chi connectivity index (χ4n) is 3.33. The SMILES string of the molecule is CCc1cc(C(CN)CC(=O)N2CCCCCC2)ccc1OC. The first-order valence-corrected chi connectivity index (χ1v) is 8.84. The minimum absolute atomic E-state index is 0.0851. The topological polar surface area (TPSA) is 55.6 Å². The highest BCUT2D eigenvalue weighted by Gasteiger charge is 2.21. The van der Waals surface area contributed by atoms with Crippen LogP contribution in [-0.4, -0.2) is 37.6 Å². The molecule has 1 aliphatic heterocycles. The molecular weight excluding hydrogens is 288 g/mol. The van der Waals surface area contributed by atoms with Crippen molar-refractivity contribution in [3.63, 3.8) is 0 Å². The van der Waals surface area contributed by atoms with Gasteiger partial charge in [0.05, 0.1) is 7.11 Å². The van der Waals surface area contributed by atoms with Crippen molar-refractivity contribution in [1.29, 1.82) is 0 Å². The van der Waals surface area contributed by atoms with Gasteiger partial charge < -0.3 is 15.4 Å². The number of likely N-dealkylation sites (tertiary alicyclic amines) is 1. The number of carbonyl (C=O) groups is 1. The smallest absolute Gasteiger partial charge is 0.223 e. The third-order valence-corrected chi connectivity index (χ3v) is 4.82. The van der Waals surface area contributed by atoms with E-state index < -0.39 is 0 Å². The number of nitrogens with zero attached hydrogens (tertiary/aromatic N) is 1. The van der Waals surface area contributed by atoms with Gasteiger partial charge in [0.1, 0.15) is 5.75 Å². The third-order valence-electron chi connectivity index (χ3n) is 4.82. The second-order valence-electron chi connectivity index (χ2n) is 6.36. The van der Waals surface area contributed by atoms with Crippen molar-refractivity contribution in [2.45, 2.75) is 51.4 Å². The zero-order valence-electron chi connectivity index (χ0n) is 14.5. The van der Waals surface area contributed by atoms with Gasteiger partial charge in [-0.05, 0) is 43.0 Å². The molecule has 128 valence electrons. The number of carbonyl (C=O) groups excluding carboxylic acids is 1. The lowest BCUT2D eigenvalue weighted by atomic mass is 9.93. The normalized spacial score (nSPS) is 16.7. The lowest BCUT2D eigenvalue weighted by Gasteiger charge is -2.24. The highest BCUT2D eigenvalue weighted by Crippen LogP contribution is 2.27. The second kappa shape index (κ2) is 8.92. The van der Waals surface area contributed by atoms with Gasteiger partial charge in [-0.1, -0.05) is 31.9 Å². The van der Waals surface area contributed by atoms with E-state index in [1.54, 1.807) is 7.11 Å². The highest BCUT2D eigenvalue weighted by atomic mass is 16.5. The fourth-order valence-corrected chi connectivity index (χ4v) is 3.33. The zero-order chi connectivity index (χ0) is 16.7. The summed E-state index contributed by atoms with van der Waals surface area (Å²) >= 11 is 0. The number of hydrogen-bond acceptors (Lipinski definition) is 3. The molecule has 1 atom stereocenters. The van der Waals surface area contributed by atoms with Gasteiger partial charge in [0.2, 0.25) is 5.91 Å². The van der Waals surface area contributed by atoms with Gasteiger partial charge in [0.15, 0.2) is 0 Å². The predicted molar refractivity (Wildman–Crippen MR) is 93.8 cm³/mol.